The summed E-state index contributed by atoms with van der Waals surface area (Å²) >= 11 is 0. The monoisotopic (exact) mass is 444 g/mol. The number of halogens is 14. The van der Waals surface area contributed by atoms with Crippen LogP contribution in [0.5, 0.6) is 0 Å². The first-order chi connectivity index (χ1) is 12.1. The molecular weight excluding hydrogens is 434 g/mol. The van der Waals surface area contributed by atoms with Crippen LogP contribution in [0, 0.1) is 5.41 Å². The molecule has 4 aliphatic rings. The molecule has 4 fully saturated rings. The SMILES string of the molecule is CCC1(F)C2(F)C(F)(F)C3(F)C(F)(F)C(F)(C2(F)F)C(F)(F)C1(CC)C3(F)F. The van der Waals surface area contributed by atoms with Crippen molar-refractivity contribution >= 4 is 0 Å². The molecule has 0 aromatic carbocycles. The van der Waals surface area contributed by atoms with Crippen LogP contribution in [0.1, 0.15) is 26.7 Å². The van der Waals surface area contributed by atoms with Crippen molar-refractivity contribution in [1.29, 1.82) is 0 Å². The number of alkyl halides is 14. The van der Waals surface area contributed by atoms with Crippen LogP contribution in [-0.4, -0.2) is 52.3 Å². The van der Waals surface area contributed by atoms with Crippen molar-refractivity contribution in [3.05, 3.63) is 0 Å². The predicted octanol–water partition coefficient (Wildman–Crippen LogP) is 5.84. The van der Waals surface area contributed by atoms with E-state index in [0.717, 1.165) is 0 Å². The molecule has 0 spiro atoms. The van der Waals surface area contributed by atoms with E-state index in [2.05, 4.69) is 0 Å². The average molecular weight is 444 g/mol. The van der Waals surface area contributed by atoms with Gasteiger partial charge in [0.2, 0.25) is 0 Å². The summed E-state index contributed by atoms with van der Waals surface area (Å²) in [6.07, 6.45) is -4.59. The van der Waals surface area contributed by atoms with Gasteiger partial charge in [-0.3, -0.25) is 0 Å². The van der Waals surface area contributed by atoms with Crippen LogP contribution in [0.2, 0.25) is 0 Å². The lowest BCUT2D eigenvalue weighted by atomic mass is 9.32. The lowest BCUT2D eigenvalue weighted by molar-refractivity contribution is -0.600. The van der Waals surface area contributed by atoms with Crippen molar-refractivity contribution in [2.45, 2.75) is 79.0 Å². The predicted molar refractivity (Wildman–Crippen MR) is 63.1 cm³/mol. The molecule has 0 aliphatic heterocycles. The van der Waals surface area contributed by atoms with Gasteiger partial charge in [-0.2, -0.15) is 26.3 Å². The van der Waals surface area contributed by atoms with E-state index in [1.54, 1.807) is 0 Å². The van der Waals surface area contributed by atoms with Gasteiger partial charge in [0, 0.05) is 0 Å². The molecule has 0 amide bonds. The zero-order valence-corrected chi connectivity index (χ0v) is 13.7. The second-order valence-electron chi connectivity index (χ2n) is 7.26. The fourth-order valence-electron chi connectivity index (χ4n) is 5.44. The molecule has 164 valence electrons. The topological polar surface area (TPSA) is 0 Å². The highest BCUT2D eigenvalue weighted by atomic mass is 19.3. The van der Waals surface area contributed by atoms with Crippen LogP contribution in [0.4, 0.5) is 61.5 Å². The largest absolute Gasteiger partial charge is 0.339 e. The van der Waals surface area contributed by atoms with Crippen molar-refractivity contribution in [2.75, 3.05) is 0 Å². The highest BCUT2D eigenvalue weighted by molar-refractivity contribution is 5.53. The van der Waals surface area contributed by atoms with Gasteiger partial charge in [0.05, 0.1) is 0 Å². The van der Waals surface area contributed by atoms with Gasteiger partial charge >= 0.3 is 41.0 Å². The summed E-state index contributed by atoms with van der Waals surface area (Å²) in [7, 11) is 0. The van der Waals surface area contributed by atoms with Crippen molar-refractivity contribution in [2.24, 2.45) is 5.41 Å². The van der Waals surface area contributed by atoms with E-state index in [1.807, 2.05) is 0 Å². The molecule has 0 radical (unpaired) electrons. The molecule has 28 heavy (non-hydrogen) atoms. The first-order valence-corrected chi connectivity index (χ1v) is 7.77. The Labute approximate surface area is 147 Å². The van der Waals surface area contributed by atoms with Crippen molar-refractivity contribution < 1.29 is 61.5 Å². The maximum Gasteiger partial charge on any atom is 0.339 e. The Morgan fingerprint density at radius 3 is 0.929 bits per heavy atom. The second kappa shape index (κ2) is 4.37. The van der Waals surface area contributed by atoms with Gasteiger partial charge in [0.15, 0.2) is 5.67 Å². The molecule has 0 heterocycles. The van der Waals surface area contributed by atoms with E-state index in [4.69, 9.17) is 0 Å². The van der Waals surface area contributed by atoms with Crippen LogP contribution in [0.15, 0.2) is 0 Å². The maximum absolute atomic E-state index is 15.3. The minimum atomic E-state index is -7.51. The number of hydrogen-bond donors (Lipinski definition) is 0. The van der Waals surface area contributed by atoms with Gasteiger partial charge < -0.3 is 0 Å². The van der Waals surface area contributed by atoms with Gasteiger partial charge in [-0.15, -0.1) is 0 Å². The first-order valence-electron chi connectivity index (χ1n) is 7.77. The van der Waals surface area contributed by atoms with E-state index < -0.39 is 70.5 Å². The Morgan fingerprint density at radius 1 is 0.393 bits per heavy atom. The molecule has 0 nitrogen and oxygen atoms in total. The highest BCUT2D eigenvalue weighted by Crippen LogP contribution is 2.91. The minimum absolute atomic E-state index is 0.0868. The van der Waals surface area contributed by atoms with Gasteiger partial charge in [-0.05, 0) is 12.8 Å². The number of hydrogen-bond acceptors (Lipinski definition) is 0. The Hall–Kier alpha value is -0.980. The van der Waals surface area contributed by atoms with Gasteiger partial charge in [0.1, 0.15) is 5.41 Å². The maximum atomic E-state index is 15.3. The molecule has 0 N–H and O–H groups in total. The highest BCUT2D eigenvalue weighted by Gasteiger charge is 3.20. The molecule has 4 saturated carbocycles. The molecule has 4 aliphatic carbocycles. The summed E-state index contributed by atoms with van der Waals surface area (Å²) in [5.74, 6) is -35.8. The summed E-state index contributed by atoms with van der Waals surface area (Å²) in [5, 5.41) is 0. The standard InChI is InChI=1S/C14H10F14/c1-3-5-6(15,4-2)7(16)12(23,24)8(17,10(5,19)20)14(27,28)9(18,11(5,21)22)13(7,25)26/h3-4H2,1-2H3. The zero-order valence-electron chi connectivity index (χ0n) is 13.7. The summed E-state index contributed by atoms with van der Waals surface area (Å²) in [6, 6.07) is 0. The zero-order chi connectivity index (χ0) is 22.4. The van der Waals surface area contributed by atoms with Crippen molar-refractivity contribution in [1.82, 2.24) is 0 Å². The Bertz CT molecular complexity index is 698. The average Bonchev–Trinajstić information content (AvgIpc) is 2.55. The third-order valence-electron chi connectivity index (χ3n) is 6.77. The third kappa shape index (κ3) is 1.13. The molecule has 3 unspecified atom stereocenters. The fraction of sp³-hybridized carbons (Fsp3) is 1.00. The van der Waals surface area contributed by atoms with Crippen LogP contribution < -0.4 is 0 Å². The molecule has 14 heteroatoms. The minimum Gasteiger partial charge on any atom is -0.239 e. The van der Waals surface area contributed by atoms with E-state index in [-0.39, 0.29) is 13.8 Å². The molecule has 0 saturated heterocycles. The Kier molecular flexibility index (Phi) is 3.39. The third-order valence-corrected chi connectivity index (χ3v) is 6.77. The molecule has 4 rings (SSSR count). The van der Waals surface area contributed by atoms with E-state index in [9.17, 15) is 52.7 Å². The van der Waals surface area contributed by atoms with E-state index in [0.29, 0.717) is 0 Å². The van der Waals surface area contributed by atoms with Crippen molar-refractivity contribution in [3.63, 3.8) is 0 Å². The van der Waals surface area contributed by atoms with Crippen LogP contribution in [0.25, 0.3) is 0 Å². The van der Waals surface area contributed by atoms with Crippen molar-refractivity contribution in [3.8, 4) is 0 Å². The lowest BCUT2D eigenvalue weighted by Crippen LogP contribution is -3.07. The van der Waals surface area contributed by atoms with Gasteiger partial charge in [-0.25, -0.2) is 35.1 Å². The lowest BCUT2D eigenvalue weighted by Gasteiger charge is -2.77. The van der Waals surface area contributed by atoms with Crippen LogP contribution in [0.3, 0.4) is 0 Å². The van der Waals surface area contributed by atoms with Gasteiger partial charge in [0.25, 0.3) is 5.67 Å². The Balaban J connectivity index is 2.75. The van der Waals surface area contributed by atoms with E-state index in [1.165, 1.54) is 0 Å². The Morgan fingerprint density at radius 2 is 0.679 bits per heavy atom. The fourth-order valence-corrected chi connectivity index (χ4v) is 5.44. The van der Waals surface area contributed by atoms with E-state index >= 15 is 8.78 Å². The smallest absolute Gasteiger partial charge is 0.239 e. The normalized spacial score (nSPS) is 54.0. The molecule has 4 bridgehead atoms. The molecule has 0 aromatic rings. The molecule has 0 aromatic heterocycles. The van der Waals surface area contributed by atoms with Crippen LogP contribution in [-0.2, 0) is 0 Å². The van der Waals surface area contributed by atoms with Crippen LogP contribution >= 0.6 is 0 Å². The summed E-state index contributed by atoms with van der Waals surface area (Å²) in [4.78, 5) is 0. The first kappa shape index (κ1) is 21.7. The summed E-state index contributed by atoms with van der Waals surface area (Å²) in [5.41, 5.74) is -32.5. The molecular formula is C14H10F14. The summed E-state index contributed by atoms with van der Waals surface area (Å²) in [6.45, 7) is 0.205. The molecule has 3 atom stereocenters. The number of rotatable bonds is 2. The quantitative estimate of drug-likeness (QED) is 0.470. The van der Waals surface area contributed by atoms with Gasteiger partial charge in [-0.1, -0.05) is 13.8 Å². The summed E-state index contributed by atoms with van der Waals surface area (Å²) < 4.78 is 204. The second-order valence-corrected chi connectivity index (χ2v) is 7.26.